The molecule has 1 saturated heterocycles. The third-order valence-electron chi connectivity index (χ3n) is 5.94. The van der Waals surface area contributed by atoms with E-state index in [1.54, 1.807) is 17.3 Å². The van der Waals surface area contributed by atoms with Gasteiger partial charge in [0.05, 0.1) is 41.2 Å². The van der Waals surface area contributed by atoms with Crippen molar-refractivity contribution in [2.45, 2.75) is 39.3 Å². The fourth-order valence-electron chi connectivity index (χ4n) is 4.59. The van der Waals surface area contributed by atoms with Crippen molar-refractivity contribution in [3.05, 3.63) is 59.3 Å². The molecular weight excluding hydrogens is 430 g/mol. The SMILES string of the molecule is CC(=O)O[C@@H]1C[C@H](c2ncc3cnc4c(c(Cl)cn4-c4ccccc4C)n23)N(C(C)=O)C1. The molecule has 9 heteroatoms. The largest absolute Gasteiger partial charge is 0.461 e. The van der Waals surface area contributed by atoms with E-state index >= 15 is 0 Å². The van der Waals surface area contributed by atoms with Gasteiger partial charge in [-0.1, -0.05) is 29.8 Å². The van der Waals surface area contributed by atoms with Crippen LogP contribution in [-0.4, -0.2) is 48.4 Å². The topological polar surface area (TPSA) is 81.7 Å². The van der Waals surface area contributed by atoms with Gasteiger partial charge in [0.15, 0.2) is 5.65 Å². The zero-order valence-corrected chi connectivity index (χ0v) is 18.7. The number of hydrogen-bond donors (Lipinski definition) is 0. The highest BCUT2D eigenvalue weighted by atomic mass is 35.5. The van der Waals surface area contributed by atoms with Gasteiger partial charge in [0.2, 0.25) is 5.91 Å². The molecule has 1 aliphatic heterocycles. The highest BCUT2D eigenvalue weighted by Gasteiger charge is 2.39. The molecule has 8 nitrogen and oxygen atoms in total. The van der Waals surface area contributed by atoms with E-state index < -0.39 is 0 Å². The molecule has 2 atom stereocenters. The van der Waals surface area contributed by atoms with Crippen molar-refractivity contribution >= 4 is 40.2 Å². The van der Waals surface area contributed by atoms with E-state index in [9.17, 15) is 9.59 Å². The number of halogens is 1. The second-order valence-electron chi connectivity index (χ2n) is 8.09. The van der Waals surface area contributed by atoms with Crippen LogP contribution in [-0.2, 0) is 14.3 Å². The second-order valence-corrected chi connectivity index (χ2v) is 8.50. The number of amides is 1. The van der Waals surface area contributed by atoms with Crippen molar-refractivity contribution < 1.29 is 14.3 Å². The number of para-hydroxylation sites is 1. The Morgan fingerprint density at radius 1 is 1.16 bits per heavy atom. The highest BCUT2D eigenvalue weighted by Crippen LogP contribution is 2.36. The van der Waals surface area contributed by atoms with E-state index in [1.165, 1.54) is 13.8 Å². The number of nitrogens with zero attached hydrogens (tertiary/aromatic N) is 5. The normalized spacial score (nSPS) is 18.6. The first-order valence-corrected chi connectivity index (χ1v) is 10.8. The van der Waals surface area contributed by atoms with Crippen LogP contribution >= 0.6 is 11.6 Å². The van der Waals surface area contributed by atoms with Crippen molar-refractivity contribution in [3.8, 4) is 5.69 Å². The summed E-state index contributed by atoms with van der Waals surface area (Å²) in [5.41, 5.74) is 4.27. The molecular formula is C23H22ClN5O3. The number of imidazole rings is 1. The standard InChI is InChI=1S/C23H22ClN5O3/c1-13-6-4-5-7-19(13)28-12-18(24)21-23(28)26-10-16-9-25-22(29(16)21)20-8-17(32-15(3)31)11-27(20)14(2)30/h4-7,9-10,12,17,20H,8,11H2,1-3H3/t17-,20-/m1/s1. The predicted octanol–water partition coefficient (Wildman–Crippen LogP) is 3.86. The van der Waals surface area contributed by atoms with Crippen molar-refractivity contribution in [3.63, 3.8) is 0 Å². The number of carbonyl (C=O) groups excluding carboxylic acids is 2. The van der Waals surface area contributed by atoms with Crippen LogP contribution in [0, 0.1) is 6.92 Å². The zero-order chi connectivity index (χ0) is 22.6. The first-order valence-electron chi connectivity index (χ1n) is 10.4. The molecule has 1 aliphatic rings. The van der Waals surface area contributed by atoms with Crippen LogP contribution in [0.15, 0.2) is 42.9 Å². The maximum absolute atomic E-state index is 12.4. The Kier molecular flexibility index (Phi) is 4.89. The number of ether oxygens (including phenoxy) is 1. The quantitative estimate of drug-likeness (QED) is 0.442. The van der Waals surface area contributed by atoms with Crippen molar-refractivity contribution in [2.24, 2.45) is 0 Å². The summed E-state index contributed by atoms with van der Waals surface area (Å²) in [4.78, 5) is 34.9. The van der Waals surface area contributed by atoms with Crippen LogP contribution in [0.4, 0.5) is 0 Å². The zero-order valence-electron chi connectivity index (χ0n) is 17.9. The summed E-state index contributed by atoms with van der Waals surface area (Å²) in [6.45, 7) is 5.26. The lowest BCUT2D eigenvalue weighted by Gasteiger charge is -2.22. The first-order chi connectivity index (χ1) is 15.3. The first kappa shape index (κ1) is 20.5. The number of aryl methyl sites for hydroxylation is 1. The molecule has 1 amide bonds. The number of rotatable bonds is 3. The monoisotopic (exact) mass is 451 g/mol. The number of carbonyl (C=O) groups is 2. The van der Waals surface area contributed by atoms with Gasteiger partial charge in [0, 0.05) is 26.5 Å². The molecule has 4 aromatic rings. The Hall–Kier alpha value is -3.39. The molecule has 0 unspecified atom stereocenters. The maximum atomic E-state index is 12.4. The van der Waals surface area contributed by atoms with Crippen molar-refractivity contribution in [1.82, 2.24) is 23.8 Å². The van der Waals surface area contributed by atoms with Crippen LogP contribution in [0.3, 0.4) is 0 Å². The summed E-state index contributed by atoms with van der Waals surface area (Å²) < 4.78 is 9.33. The fourth-order valence-corrected chi connectivity index (χ4v) is 4.86. The third kappa shape index (κ3) is 3.22. The average molecular weight is 452 g/mol. The van der Waals surface area contributed by atoms with E-state index in [-0.39, 0.29) is 24.0 Å². The molecule has 1 aromatic carbocycles. The van der Waals surface area contributed by atoms with Gasteiger partial charge in [-0.3, -0.25) is 18.6 Å². The van der Waals surface area contributed by atoms with Gasteiger partial charge in [0.1, 0.15) is 17.4 Å². The van der Waals surface area contributed by atoms with Crippen LogP contribution in [0.5, 0.6) is 0 Å². The molecule has 164 valence electrons. The summed E-state index contributed by atoms with van der Waals surface area (Å²) in [7, 11) is 0. The van der Waals surface area contributed by atoms with E-state index in [0.717, 1.165) is 22.3 Å². The molecule has 1 fully saturated rings. The molecule has 32 heavy (non-hydrogen) atoms. The third-order valence-corrected chi connectivity index (χ3v) is 6.22. The maximum Gasteiger partial charge on any atom is 0.302 e. The molecule has 4 heterocycles. The van der Waals surface area contributed by atoms with Crippen LogP contribution < -0.4 is 0 Å². The smallest absolute Gasteiger partial charge is 0.302 e. The molecule has 5 rings (SSSR count). The Bertz CT molecular complexity index is 1370. The Labute approximate surface area is 189 Å². The molecule has 0 N–H and O–H groups in total. The number of hydrogen-bond acceptors (Lipinski definition) is 5. The number of benzene rings is 1. The van der Waals surface area contributed by atoms with Gasteiger partial charge in [-0.2, -0.15) is 0 Å². The summed E-state index contributed by atoms with van der Waals surface area (Å²) in [6, 6.07) is 7.67. The minimum absolute atomic E-state index is 0.102. The lowest BCUT2D eigenvalue weighted by molar-refractivity contribution is -0.146. The van der Waals surface area contributed by atoms with Crippen molar-refractivity contribution in [1.29, 1.82) is 0 Å². The van der Waals surface area contributed by atoms with Gasteiger partial charge in [-0.25, -0.2) is 9.97 Å². The molecule has 0 aliphatic carbocycles. The van der Waals surface area contributed by atoms with Gasteiger partial charge in [0.25, 0.3) is 0 Å². The summed E-state index contributed by atoms with van der Waals surface area (Å²) in [5, 5.41) is 0.532. The van der Waals surface area contributed by atoms with Gasteiger partial charge in [-0.05, 0) is 18.6 Å². The molecule has 0 saturated carbocycles. The minimum Gasteiger partial charge on any atom is -0.461 e. The summed E-state index contributed by atoms with van der Waals surface area (Å²) in [5.74, 6) is 0.203. The fraction of sp³-hybridized carbons (Fsp3) is 0.304. The summed E-state index contributed by atoms with van der Waals surface area (Å²) in [6.07, 6.45) is 5.42. The van der Waals surface area contributed by atoms with Gasteiger partial charge >= 0.3 is 5.97 Å². The number of aromatic nitrogens is 4. The molecule has 0 bridgehead atoms. The number of esters is 1. The van der Waals surface area contributed by atoms with E-state index in [4.69, 9.17) is 16.3 Å². The van der Waals surface area contributed by atoms with Crippen LogP contribution in [0.2, 0.25) is 5.02 Å². The van der Waals surface area contributed by atoms with Gasteiger partial charge < -0.3 is 9.64 Å². The lowest BCUT2D eigenvalue weighted by Crippen LogP contribution is -2.31. The second kappa shape index (κ2) is 7.63. The van der Waals surface area contributed by atoms with Gasteiger partial charge in [-0.15, -0.1) is 0 Å². The Morgan fingerprint density at radius 3 is 2.62 bits per heavy atom. The Balaban J connectivity index is 1.69. The van der Waals surface area contributed by atoms with Crippen LogP contribution in [0.25, 0.3) is 22.4 Å². The number of fused-ring (bicyclic) bond motifs is 3. The highest BCUT2D eigenvalue weighted by molar-refractivity contribution is 6.35. The molecule has 3 aromatic heterocycles. The van der Waals surface area contributed by atoms with Crippen molar-refractivity contribution in [2.75, 3.05) is 6.54 Å². The minimum atomic E-state index is -0.377. The number of likely N-dealkylation sites (tertiary alicyclic amines) is 1. The molecule has 0 spiro atoms. The predicted molar refractivity (Wildman–Crippen MR) is 120 cm³/mol. The Morgan fingerprint density at radius 2 is 1.91 bits per heavy atom. The summed E-state index contributed by atoms with van der Waals surface area (Å²) >= 11 is 6.73. The van der Waals surface area contributed by atoms with E-state index in [0.29, 0.717) is 29.5 Å². The van der Waals surface area contributed by atoms with E-state index in [1.807, 2.05) is 46.4 Å². The average Bonchev–Trinajstić information content (AvgIpc) is 3.43. The lowest BCUT2D eigenvalue weighted by atomic mass is 10.2. The molecule has 0 radical (unpaired) electrons. The van der Waals surface area contributed by atoms with E-state index in [2.05, 4.69) is 9.97 Å². The van der Waals surface area contributed by atoms with Crippen LogP contribution in [0.1, 0.15) is 37.7 Å².